The van der Waals surface area contributed by atoms with E-state index in [-0.39, 0.29) is 0 Å². The lowest BCUT2D eigenvalue weighted by molar-refractivity contribution is -0.286. The Labute approximate surface area is 474 Å². The molecule has 15 nitrogen and oxygen atoms in total. The lowest BCUT2D eigenvalue weighted by atomic mass is 10.0. The highest BCUT2D eigenvalue weighted by molar-refractivity contribution is 5.85. The van der Waals surface area contributed by atoms with E-state index in [9.17, 15) is 0 Å². The van der Waals surface area contributed by atoms with E-state index < -0.39 is 0 Å². The van der Waals surface area contributed by atoms with Crippen LogP contribution < -0.4 is 28.4 Å². The molecule has 0 saturated carbocycles. The van der Waals surface area contributed by atoms with Gasteiger partial charge in [-0.3, -0.25) is 0 Å². The van der Waals surface area contributed by atoms with Gasteiger partial charge in [0.15, 0.2) is 23.0 Å². The zero-order valence-corrected chi connectivity index (χ0v) is 46.7. The third kappa shape index (κ3) is 27.0. The van der Waals surface area contributed by atoms with Crippen molar-refractivity contribution >= 4 is 10.8 Å². The Hall–Kier alpha value is -7.34. The van der Waals surface area contributed by atoms with E-state index >= 15 is 0 Å². The molecule has 4 aromatic rings. The van der Waals surface area contributed by atoms with Crippen LogP contribution in [0.4, 0.5) is 0 Å². The number of ether oxygens (including phenoxy) is 9. The summed E-state index contributed by atoms with van der Waals surface area (Å²) >= 11 is 0. The fraction of sp³-hybridized carbons (Fsp3) is 0.415. The molecule has 0 aliphatic rings. The van der Waals surface area contributed by atoms with E-state index in [1.807, 2.05) is 48.5 Å². The van der Waals surface area contributed by atoms with E-state index in [4.69, 9.17) is 72.0 Å². The van der Waals surface area contributed by atoms with Gasteiger partial charge in [0.25, 0.3) is 0 Å². The topological polar surface area (TPSA) is 138 Å². The van der Waals surface area contributed by atoms with Crippen molar-refractivity contribution in [1.82, 2.24) is 0 Å². The van der Waals surface area contributed by atoms with Crippen LogP contribution in [0.1, 0.15) is 99.3 Å². The molecule has 4 rings (SSSR count). The Morgan fingerprint density at radius 2 is 0.613 bits per heavy atom. The summed E-state index contributed by atoms with van der Waals surface area (Å²) < 4.78 is 54.5. The number of rotatable bonds is 48. The van der Waals surface area contributed by atoms with Crippen LogP contribution >= 0.6 is 0 Å². The van der Waals surface area contributed by atoms with Crippen LogP contribution in [-0.4, -0.2) is 99.1 Å². The molecule has 0 amide bonds. The molecule has 0 aliphatic heterocycles. The summed E-state index contributed by atoms with van der Waals surface area (Å²) in [6, 6.07) is 19.8. The van der Waals surface area contributed by atoms with Crippen molar-refractivity contribution in [3.8, 4) is 58.2 Å². The molecule has 0 fully saturated rings. The number of fused-ring (bicyclic) bond motifs is 1. The Morgan fingerprint density at radius 1 is 0.300 bits per heavy atom. The van der Waals surface area contributed by atoms with Gasteiger partial charge in [0, 0.05) is 11.1 Å². The first-order chi connectivity index (χ1) is 39.6. The second kappa shape index (κ2) is 43.5. The van der Waals surface area contributed by atoms with Crippen LogP contribution in [0.5, 0.6) is 34.5 Å². The largest absolute Gasteiger partial charge is 0.502 e. The monoisotopic (exact) mass is 1100 g/mol. The lowest BCUT2D eigenvalue weighted by Crippen LogP contribution is -2.08. The third-order valence-electron chi connectivity index (χ3n) is 11.2. The Morgan fingerprint density at radius 3 is 0.950 bits per heavy atom. The zero-order chi connectivity index (χ0) is 56.8. The number of unbranched alkanes of at least 4 members (excludes halogenated alkanes) is 6. The maximum Gasteiger partial charge on any atom is 0.204 e. The van der Waals surface area contributed by atoms with Gasteiger partial charge in [-0.05, 0) is 136 Å². The van der Waals surface area contributed by atoms with Crippen LogP contribution in [0, 0.1) is 23.7 Å². The van der Waals surface area contributed by atoms with Gasteiger partial charge >= 0.3 is 0 Å². The average molecular weight is 1100 g/mol. The number of hydrogen-bond acceptors (Lipinski definition) is 15. The number of benzene rings is 4. The molecule has 0 bridgehead atoms. The van der Waals surface area contributed by atoms with Gasteiger partial charge in [-0.25, -0.2) is 29.3 Å². The third-order valence-corrected chi connectivity index (χ3v) is 11.2. The van der Waals surface area contributed by atoms with E-state index in [1.165, 1.54) is 18.8 Å². The summed E-state index contributed by atoms with van der Waals surface area (Å²) in [7, 11) is 0. The molecule has 15 heteroatoms. The molecule has 0 aliphatic carbocycles. The van der Waals surface area contributed by atoms with Gasteiger partial charge in [-0.2, -0.15) is 0 Å². The highest BCUT2D eigenvalue weighted by atomic mass is 17.2. The van der Waals surface area contributed by atoms with Crippen LogP contribution in [0.2, 0.25) is 0 Å². The Kier molecular flexibility index (Phi) is 35.5. The van der Waals surface area contributed by atoms with Crippen LogP contribution in [0.15, 0.2) is 137 Å². The van der Waals surface area contributed by atoms with E-state index in [0.717, 1.165) is 73.3 Å². The van der Waals surface area contributed by atoms with Crippen molar-refractivity contribution < 1.29 is 72.0 Å². The minimum atomic E-state index is 0.315. The molecule has 0 heterocycles. The van der Waals surface area contributed by atoms with Gasteiger partial charge in [0.2, 0.25) is 11.5 Å². The molecule has 0 N–H and O–H groups in total. The Balaban J connectivity index is 1.63. The molecule has 0 atom stereocenters. The summed E-state index contributed by atoms with van der Waals surface area (Å²) in [4.78, 5) is 30.9. The molecular formula is C65H82O15. The normalized spacial score (nSPS) is 10.5. The molecular weight excluding hydrogens is 1020 g/mol. The highest BCUT2D eigenvalue weighted by Crippen LogP contribution is 2.42. The maximum absolute atomic E-state index is 6.50. The van der Waals surface area contributed by atoms with Gasteiger partial charge < -0.3 is 42.6 Å². The van der Waals surface area contributed by atoms with E-state index in [1.54, 1.807) is 18.2 Å². The first-order valence-corrected chi connectivity index (χ1v) is 27.5. The molecule has 0 saturated heterocycles. The zero-order valence-electron chi connectivity index (χ0n) is 46.7. The Bertz CT molecular complexity index is 2550. The smallest absolute Gasteiger partial charge is 0.204 e. The first-order valence-electron chi connectivity index (χ1n) is 27.5. The highest BCUT2D eigenvalue weighted by Gasteiger charge is 2.20. The van der Waals surface area contributed by atoms with Crippen LogP contribution in [0.25, 0.3) is 10.8 Å². The maximum atomic E-state index is 6.50. The van der Waals surface area contributed by atoms with Crippen molar-refractivity contribution in [1.29, 1.82) is 0 Å². The summed E-state index contributed by atoms with van der Waals surface area (Å²) in [5, 5.41) is 2.00. The molecule has 80 heavy (non-hydrogen) atoms. The predicted octanol–water partition coefficient (Wildman–Crippen LogP) is 13.5. The van der Waals surface area contributed by atoms with Crippen molar-refractivity contribution in [2.75, 3.05) is 99.1 Å². The average Bonchev–Trinajstić information content (AvgIpc) is 3.49. The van der Waals surface area contributed by atoms with Crippen LogP contribution in [-0.2, 0) is 43.5 Å². The summed E-state index contributed by atoms with van der Waals surface area (Å²) in [5.74, 6) is 16.6. The second-order valence-corrected chi connectivity index (χ2v) is 17.4. The lowest BCUT2D eigenvalue weighted by Gasteiger charge is -2.18. The SMILES string of the molecule is C=CCOOCCCCOc1ccc(C#Cc2ccc3cc(C#Cc4ccc(OCCCCOC=C)c(OCCCCOC=C)c4OCCCCOOCC=C)ccc3c2)c(OCCCCOC=C)c1OCCCCOOCC=C. The summed E-state index contributed by atoms with van der Waals surface area (Å²) in [6.45, 7) is 28.1. The molecule has 0 unspecified atom stereocenters. The molecule has 432 valence electrons. The molecule has 0 radical (unpaired) electrons. The fourth-order valence-electron chi connectivity index (χ4n) is 7.18. The van der Waals surface area contributed by atoms with Crippen molar-refractivity contribution in [3.05, 3.63) is 159 Å². The predicted molar refractivity (Wildman–Crippen MR) is 312 cm³/mol. The van der Waals surface area contributed by atoms with Crippen molar-refractivity contribution in [3.63, 3.8) is 0 Å². The summed E-state index contributed by atoms with van der Waals surface area (Å²) in [6.07, 6.45) is 18.1. The molecule has 0 spiro atoms. The number of hydrogen-bond donors (Lipinski definition) is 0. The van der Waals surface area contributed by atoms with Crippen molar-refractivity contribution in [2.24, 2.45) is 0 Å². The van der Waals surface area contributed by atoms with Crippen LogP contribution in [0.3, 0.4) is 0 Å². The van der Waals surface area contributed by atoms with E-state index in [2.05, 4.69) is 75.3 Å². The second-order valence-electron chi connectivity index (χ2n) is 17.4. The van der Waals surface area contributed by atoms with Gasteiger partial charge in [-0.1, -0.05) is 73.8 Å². The van der Waals surface area contributed by atoms with Crippen molar-refractivity contribution in [2.45, 2.75) is 77.0 Å². The quantitative estimate of drug-likeness (QED) is 0.0103. The van der Waals surface area contributed by atoms with Gasteiger partial charge in [0.05, 0.1) is 109 Å². The van der Waals surface area contributed by atoms with E-state index in [0.29, 0.717) is 170 Å². The van der Waals surface area contributed by atoms with Gasteiger partial charge in [-0.15, -0.1) is 19.7 Å². The minimum Gasteiger partial charge on any atom is -0.502 e. The summed E-state index contributed by atoms with van der Waals surface area (Å²) in [5.41, 5.74) is 2.95. The van der Waals surface area contributed by atoms with Gasteiger partial charge in [0.1, 0.15) is 19.8 Å². The minimum absolute atomic E-state index is 0.315. The fourth-order valence-corrected chi connectivity index (χ4v) is 7.18. The standard InChI is InChI=1S/C65H82O15/c1-7-37-75-78-49-22-19-44-70-61-36-34-56(62(71-45-17-14-41-67-11-5)65(61)74-48-21-24-51-80-77-39-9-3)29-25-54-27-31-59-53-55(28-32-58(59)52-54)26-30-57-33-35-60(69-43-16-13-40-66-10-4)64(73-47-18-15-42-68-12-6)63(57)72-46-20-23-50-79-76-38-8-2/h7-12,27-28,31-36,52-53H,1-6,13-24,37-51H2. The molecule has 0 aromatic heterocycles. The molecule has 4 aromatic carbocycles. The first kappa shape index (κ1) is 65.2.